The van der Waals surface area contributed by atoms with E-state index in [1.54, 1.807) is 0 Å². The summed E-state index contributed by atoms with van der Waals surface area (Å²) in [5, 5.41) is 0. The molecule has 0 unspecified atom stereocenters. The van der Waals surface area contributed by atoms with Crippen molar-refractivity contribution in [2.45, 2.75) is 12.3 Å². The first-order chi connectivity index (χ1) is 13.7. The fourth-order valence-electron chi connectivity index (χ4n) is 5.34. The number of hydrogen-bond acceptors (Lipinski definition) is 1. The van der Waals surface area contributed by atoms with E-state index in [9.17, 15) is 4.79 Å². The molecule has 0 fully saturated rings. The smallest absolute Gasteiger partial charge is 0.150 e. The van der Waals surface area contributed by atoms with Gasteiger partial charge in [0.25, 0.3) is 0 Å². The number of carbonyl (C=O) groups excluding carboxylic acids is 1. The van der Waals surface area contributed by atoms with E-state index in [0.29, 0.717) is 0 Å². The van der Waals surface area contributed by atoms with E-state index in [2.05, 4.69) is 85.8 Å². The van der Waals surface area contributed by atoms with E-state index in [0.717, 1.165) is 11.8 Å². The Bertz CT molecular complexity index is 1250. The van der Waals surface area contributed by atoms with E-state index in [1.165, 1.54) is 50.1 Å². The van der Waals surface area contributed by atoms with E-state index >= 15 is 0 Å². The standard InChI is InChI=1S/C27H18O/c1-17-10-12-21-22-13-11-18(16-28)15-26(22)27(25(21)14-17)23-8-4-2-6-19(23)20-7-3-5-9-24(20)27/h2-16H,1H3. The molecule has 2 aliphatic carbocycles. The van der Waals surface area contributed by atoms with Crippen LogP contribution in [-0.2, 0) is 5.41 Å². The molecular formula is C27H18O. The van der Waals surface area contributed by atoms with Crippen molar-refractivity contribution in [2.75, 3.05) is 0 Å². The number of aldehydes is 1. The zero-order chi connectivity index (χ0) is 18.9. The first-order valence-corrected chi connectivity index (χ1v) is 9.66. The summed E-state index contributed by atoms with van der Waals surface area (Å²) in [5.41, 5.74) is 11.9. The maximum atomic E-state index is 11.6. The Balaban J connectivity index is 1.87. The molecule has 4 aromatic carbocycles. The molecule has 28 heavy (non-hydrogen) atoms. The van der Waals surface area contributed by atoms with E-state index in [1.807, 2.05) is 6.07 Å². The molecule has 1 spiro atoms. The van der Waals surface area contributed by atoms with Gasteiger partial charge in [-0.3, -0.25) is 4.79 Å². The predicted molar refractivity (Wildman–Crippen MR) is 113 cm³/mol. The fourth-order valence-corrected chi connectivity index (χ4v) is 5.34. The lowest BCUT2D eigenvalue weighted by Crippen LogP contribution is -2.26. The minimum atomic E-state index is -0.358. The maximum Gasteiger partial charge on any atom is 0.150 e. The van der Waals surface area contributed by atoms with Crippen LogP contribution in [0.2, 0.25) is 0 Å². The second kappa shape index (κ2) is 5.30. The Morgan fingerprint density at radius 1 is 0.607 bits per heavy atom. The van der Waals surface area contributed by atoms with Gasteiger partial charge >= 0.3 is 0 Å². The molecule has 0 radical (unpaired) electrons. The number of aryl methyl sites for hydroxylation is 1. The summed E-state index contributed by atoms with van der Waals surface area (Å²) < 4.78 is 0. The second-order valence-electron chi connectivity index (χ2n) is 7.81. The Hall–Kier alpha value is -3.45. The lowest BCUT2D eigenvalue weighted by molar-refractivity contribution is 0.112. The average Bonchev–Trinajstić information content (AvgIpc) is 3.20. The summed E-state index contributed by atoms with van der Waals surface area (Å²) in [6.45, 7) is 2.15. The summed E-state index contributed by atoms with van der Waals surface area (Å²) in [5.74, 6) is 0. The van der Waals surface area contributed by atoms with Crippen LogP contribution in [0.15, 0.2) is 84.9 Å². The summed E-state index contributed by atoms with van der Waals surface area (Å²) in [4.78, 5) is 11.6. The molecular weight excluding hydrogens is 340 g/mol. The number of benzene rings is 4. The van der Waals surface area contributed by atoms with E-state index in [4.69, 9.17) is 0 Å². The quantitative estimate of drug-likeness (QED) is 0.322. The van der Waals surface area contributed by atoms with Gasteiger partial charge in [-0.05, 0) is 57.5 Å². The van der Waals surface area contributed by atoms with Crippen LogP contribution >= 0.6 is 0 Å². The first-order valence-electron chi connectivity index (χ1n) is 9.66. The van der Waals surface area contributed by atoms with Gasteiger partial charge in [0.15, 0.2) is 0 Å². The third kappa shape index (κ3) is 1.70. The van der Waals surface area contributed by atoms with Crippen molar-refractivity contribution in [3.63, 3.8) is 0 Å². The second-order valence-corrected chi connectivity index (χ2v) is 7.81. The van der Waals surface area contributed by atoms with Crippen molar-refractivity contribution in [3.05, 3.63) is 118 Å². The molecule has 4 aromatic rings. The molecule has 1 heteroatoms. The normalized spacial score (nSPS) is 14.3. The maximum absolute atomic E-state index is 11.6. The molecule has 0 bridgehead atoms. The molecule has 0 heterocycles. The highest BCUT2D eigenvalue weighted by Gasteiger charge is 2.51. The van der Waals surface area contributed by atoms with Gasteiger partial charge in [0.2, 0.25) is 0 Å². The predicted octanol–water partition coefficient (Wildman–Crippen LogP) is 6.15. The lowest BCUT2D eigenvalue weighted by atomic mass is 9.70. The van der Waals surface area contributed by atoms with Gasteiger partial charge in [-0.15, -0.1) is 0 Å². The largest absolute Gasteiger partial charge is 0.298 e. The fraction of sp³-hybridized carbons (Fsp3) is 0.0741. The monoisotopic (exact) mass is 358 g/mol. The van der Waals surface area contributed by atoms with Crippen LogP contribution in [0, 0.1) is 6.92 Å². The van der Waals surface area contributed by atoms with Crippen LogP contribution in [0.3, 0.4) is 0 Å². The highest BCUT2D eigenvalue weighted by atomic mass is 16.1. The van der Waals surface area contributed by atoms with Gasteiger partial charge in [-0.1, -0.05) is 84.4 Å². The molecule has 0 aromatic heterocycles. The Kier molecular flexibility index (Phi) is 2.95. The third-order valence-corrected chi connectivity index (χ3v) is 6.41. The number of rotatable bonds is 1. The third-order valence-electron chi connectivity index (χ3n) is 6.41. The van der Waals surface area contributed by atoms with Gasteiger partial charge in [-0.2, -0.15) is 0 Å². The van der Waals surface area contributed by atoms with E-state index in [-0.39, 0.29) is 5.41 Å². The summed E-state index contributed by atoms with van der Waals surface area (Å²) in [6.07, 6.45) is 0.953. The van der Waals surface area contributed by atoms with Crippen LogP contribution in [-0.4, -0.2) is 6.29 Å². The Morgan fingerprint density at radius 2 is 1.14 bits per heavy atom. The summed E-state index contributed by atoms with van der Waals surface area (Å²) in [6, 6.07) is 30.3. The first kappa shape index (κ1) is 15.6. The molecule has 0 saturated heterocycles. The average molecular weight is 358 g/mol. The molecule has 2 aliphatic rings. The van der Waals surface area contributed by atoms with Gasteiger partial charge < -0.3 is 0 Å². The van der Waals surface area contributed by atoms with Crippen LogP contribution in [0.1, 0.15) is 38.2 Å². The van der Waals surface area contributed by atoms with Crippen LogP contribution in [0.25, 0.3) is 22.3 Å². The summed E-state index contributed by atoms with van der Waals surface area (Å²) in [7, 11) is 0. The zero-order valence-corrected chi connectivity index (χ0v) is 15.6. The molecule has 132 valence electrons. The van der Waals surface area contributed by atoms with Gasteiger partial charge in [-0.25, -0.2) is 0 Å². The van der Waals surface area contributed by atoms with Crippen molar-refractivity contribution in [3.8, 4) is 22.3 Å². The molecule has 0 amide bonds. The van der Waals surface area contributed by atoms with Gasteiger partial charge in [0, 0.05) is 5.56 Å². The highest BCUT2D eigenvalue weighted by Crippen LogP contribution is 2.62. The van der Waals surface area contributed by atoms with Crippen molar-refractivity contribution in [1.82, 2.24) is 0 Å². The van der Waals surface area contributed by atoms with Crippen molar-refractivity contribution >= 4 is 6.29 Å². The minimum absolute atomic E-state index is 0.358. The number of fused-ring (bicyclic) bond motifs is 10. The van der Waals surface area contributed by atoms with Crippen LogP contribution in [0.4, 0.5) is 0 Å². The highest BCUT2D eigenvalue weighted by molar-refractivity contribution is 5.96. The molecule has 0 N–H and O–H groups in total. The topological polar surface area (TPSA) is 17.1 Å². The molecule has 0 aliphatic heterocycles. The lowest BCUT2D eigenvalue weighted by Gasteiger charge is -2.30. The van der Waals surface area contributed by atoms with E-state index < -0.39 is 0 Å². The van der Waals surface area contributed by atoms with Gasteiger partial charge in [0.1, 0.15) is 6.29 Å². The van der Waals surface area contributed by atoms with Crippen molar-refractivity contribution in [2.24, 2.45) is 0 Å². The van der Waals surface area contributed by atoms with Crippen LogP contribution in [0.5, 0.6) is 0 Å². The van der Waals surface area contributed by atoms with Crippen molar-refractivity contribution < 1.29 is 4.79 Å². The zero-order valence-electron chi connectivity index (χ0n) is 15.6. The molecule has 6 rings (SSSR count). The number of carbonyl (C=O) groups is 1. The summed E-state index contributed by atoms with van der Waals surface area (Å²) >= 11 is 0. The Morgan fingerprint density at radius 3 is 1.79 bits per heavy atom. The molecule has 0 saturated carbocycles. The van der Waals surface area contributed by atoms with Crippen molar-refractivity contribution in [1.29, 1.82) is 0 Å². The SMILES string of the molecule is Cc1ccc2c(c1)C1(c3ccccc3-c3ccccc31)c1cc(C=O)ccc1-2. The molecule has 1 nitrogen and oxygen atoms in total. The van der Waals surface area contributed by atoms with Gasteiger partial charge in [0.05, 0.1) is 5.41 Å². The van der Waals surface area contributed by atoms with Crippen LogP contribution < -0.4 is 0 Å². The molecule has 0 atom stereocenters. The minimum Gasteiger partial charge on any atom is -0.298 e. The number of hydrogen-bond donors (Lipinski definition) is 0. The Labute approximate surface area is 164 Å².